The molecule has 2 aliphatic rings. The molecule has 0 radical (unpaired) electrons. The Hall–Kier alpha value is -0.860. The van der Waals surface area contributed by atoms with Gasteiger partial charge in [0.25, 0.3) is 0 Å². The molecule has 104 valence electrons. The molecule has 1 aliphatic carbocycles. The predicted molar refractivity (Wildman–Crippen MR) is 80.3 cm³/mol. The number of nitrogens with zero attached hydrogens (tertiary/aromatic N) is 1. The van der Waals surface area contributed by atoms with Crippen LogP contribution in [0, 0.1) is 5.92 Å². The number of benzene rings is 1. The lowest BCUT2D eigenvalue weighted by atomic mass is 9.97. The van der Waals surface area contributed by atoms with Crippen LogP contribution in [0.5, 0.6) is 0 Å². The number of hydrogen-bond acceptors (Lipinski definition) is 2. The van der Waals surface area contributed by atoms with Crippen LogP contribution < -0.4 is 5.32 Å². The Bertz CT molecular complexity index is 388. The summed E-state index contributed by atoms with van der Waals surface area (Å²) in [6.07, 6.45) is 5.41. The Labute approximate surface area is 117 Å². The molecule has 1 aliphatic heterocycles. The lowest BCUT2D eigenvalue weighted by Crippen LogP contribution is -2.45. The molecule has 1 saturated heterocycles. The smallest absolute Gasteiger partial charge is 0.0351 e. The van der Waals surface area contributed by atoms with Crippen molar-refractivity contribution in [1.29, 1.82) is 0 Å². The van der Waals surface area contributed by atoms with Gasteiger partial charge in [-0.2, -0.15) is 0 Å². The fraction of sp³-hybridized carbons (Fsp3) is 0.647. The molecular weight excluding hydrogens is 232 g/mol. The number of piperazine rings is 1. The molecule has 1 saturated carbocycles. The fourth-order valence-electron chi connectivity index (χ4n) is 3.13. The maximum Gasteiger partial charge on any atom is 0.0351 e. The van der Waals surface area contributed by atoms with E-state index >= 15 is 0 Å². The molecule has 0 aromatic heterocycles. The second-order valence-electron chi connectivity index (χ2n) is 6.08. The van der Waals surface area contributed by atoms with E-state index in [9.17, 15) is 0 Å². The molecule has 1 aromatic carbocycles. The summed E-state index contributed by atoms with van der Waals surface area (Å²) in [5.74, 6) is 0.991. The molecule has 3 rings (SSSR count). The lowest BCUT2D eigenvalue weighted by Gasteiger charge is -2.35. The van der Waals surface area contributed by atoms with Gasteiger partial charge in [0.1, 0.15) is 0 Å². The summed E-state index contributed by atoms with van der Waals surface area (Å²) in [6.45, 7) is 6.93. The topological polar surface area (TPSA) is 15.3 Å². The average molecular weight is 258 g/mol. The number of nitrogens with one attached hydrogen (secondary N) is 1. The van der Waals surface area contributed by atoms with Gasteiger partial charge in [0.15, 0.2) is 0 Å². The zero-order valence-electron chi connectivity index (χ0n) is 12.1. The second-order valence-corrected chi connectivity index (χ2v) is 6.08. The maximum absolute atomic E-state index is 3.47. The first kappa shape index (κ1) is 13.1. The highest BCUT2D eigenvalue weighted by atomic mass is 15.2. The van der Waals surface area contributed by atoms with Gasteiger partial charge in [-0.15, -0.1) is 0 Å². The molecule has 2 fully saturated rings. The zero-order valence-corrected chi connectivity index (χ0v) is 12.1. The summed E-state index contributed by atoms with van der Waals surface area (Å²) in [5, 5.41) is 3.47. The van der Waals surface area contributed by atoms with Crippen molar-refractivity contribution < 1.29 is 0 Å². The monoisotopic (exact) mass is 258 g/mol. The molecule has 1 aromatic rings. The van der Waals surface area contributed by atoms with Crippen LogP contribution in [0.2, 0.25) is 0 Å². The number of aryl methyl sites for hydroxylation is 1. The molecule has 0 spiro atoms. The van der Waals surface area contributed by atoms with Gasteiger partial charge in [0.05, 0.1) is 0 Å². The third-order valence-electron chi connectivity index (χ3n) is 4.62. The van der Waals surface area contributed by atoms with Gasteiger partial charge < -0.3 is 5.32 Å². The van der Waals surface area contributed by atoms with E-state index < -0.39 is 0 Å². The van der Waals surface area contributed by atoms with Gasteiger partial charge in [-0.25, -0.2) is 0 Å². The van der Waals surface area contributed by atoms with Crippen LogP contribution in [0.4, 0.5) is 0 Å². The summed E-state index contributed by atoms with van der Waals surface area (Å²) in [5.41, 5.74) is 2.99. The molecule has 2 nitrogen and oxygen atoms in total. The minimum Gasteiger partial charge on any atom is -0.314 e. The summed E-state index contributed by atoms with van der Waals surface area (Å²) in [4.78, 5) is 2.69. The highest BCUT2D eigenvalue weighted by Gasteiger charge is 2.30. The van der Waals surface area contributed by atoms with Crippen LogP contribution in [0.1, 0.15) is 43.4 Å². The Kier molecular flexibility index (Phi) is 4.19. The van der Waals surface area contributed by atoms with E-state index in [2.05, 4.69) is 41.4 Å². The van der Waals surface area contributed by atoms with Gasteiger partial charge in [-0.05, 0) is 29.9 Å². The van der Waals surface area contributed by atoms with Gasteiger partial charge in [-0.1, -0.05) is 44.0 Å². The molecule has 19 heavy (non-hydrogen) atoms. The van der Waals surface area contributed by atoms with Crippen LogP contribution in [0.3, 0.4) is 0 Å². The molecule has 1 atom stereocenters. The first-order valence-electron chi connectivity index (χ1n) is 7.90. The van der Waals surface area contributed by atoms with Gasteiger partial charge >= 0.3 is 0 Å². The zero-order chi connectivity index (χ0) is 13.1. The molecular formula is C17H26N2. The van der Waals surface area contributed by atoms with E-state index in [1.807, 2.05) is 0 Å². The van der Waals surface area contributed by atoms with Crippen molar-refractivity contribution in [3.8, 4) is 0 Å². The van der Waals surface area contributed by atoms with Crippen LogP contribution in [0.15, 0.2) is 24.3 Å². The normalized spacial score (nSPS) is 22.4. The Balaban J connectivity index is 1.75. The summed E-state index contributed by atoms with van der Waals surface area (Å²) in [7, 11) is 0. The molecule has 0 amide bonds. The Morgan fingerprint density at radius 3 is 2.42 bits per heavy atom. The summed E-state index contributed by atoms with van der Waals surface area (Å²) >= 11 is 0. The van der Waals surface area contributed by atoms with E-state index in [0.29, 0.717) is 6.04 Å². The van der Waals surface area contributed by atoms with Crippen molar-refractivity contribution in [3.05, 3.63) is 35.4 Å². The largest absolute Gasteiger partial charge is 0.314 e. The van der Waals surface area contributed by atoms with Crippen molar-refractivity contribution in [2.24, 2.45) is 5.92 Å². The van der Waals surface area contributed by atoms with E-state index in [0.717, 1.165) is 25.4 Å². The van der Waals surface area contributed by atoms with E-state index in [1.54, 1.807) is 0 Å². The van der Waals surface area contributed by atoms with Crippen LogP contribution in [0.25, 0.3) is 0 Å². The molecule has 1 heterocycles. The van der Waals surface area contributed by atoms with Crippen LogP contribution in [-0.4, -0.2) is 31.1 Å². The van der Waals surface area contributed by atoms with Crippen molar-refractivity contribution >= 4 is 0 Å². The summed E-state index contributed by atoms with van der Waals surface area (Å²) in [6, 6.07) is 10.0. The minimum absolute atomic E-state index is 0.653. The molecule has 2 heteroatoms. The second kappa shape index (κ2) is 6.06. The number of rotatable bonds is 5. The van der Waals surface area contributed by atoms with Crippen molar-refractivity contribution in [3.63, 3.8) is 0 Å². The lowest BCUT2D eigenvalue weighted by molar-refractivity contribution is 0.160. The van der Waals surface area contributed by atoms with Crippen LogP contribution in [-0.2, 0) is 6.42 Å². The third kappa shape index (κ3) is 3.37. The molecule has 0 unspecified atom stereocenters. The molecule has 1 N–H and O–H groups in total. The molecule has 0 bridgehead atoms. The van der Waals surface area contributed by atoms with Gasteiger partial charge in [0, 0.05) is 32.2 Å². The van der Waals surface area contributed by atoms with Crippen molar-refractivity contribution in [1.82, 2.24) is 10.2 Å². The Morgan fingerprint density at radius 2 is 1.84 bits per heavy atom. The number of hydrogen-bond donors (Lipinski definition) is 1. The van der Waals surface area contributed by atoms with Gasteiger partial charge in [-0.3, -0.25) is 4.90 Å². The first-order chi connectivity index (χ1) is 9.36. The highest BCUT2D eigenvalue weighted by molar-refractivity contribution is 5.25. The predicted octanol–water partition coefficient (Wildman–Crippen LogP) is 3.00. The van der Waals surface area contributed by atoms with Crippen molar-refractivity contribution in [2.45, 2.75) is 38.6 Å². The average Bonchev–Trinajstić information content (AvgIpc) is 3.30. The first-order valence-corrected chi connectivity index (χ1v) is 7.90. The third-order valence-corrected chi connectivity index (χ3v) is 4.62. The highest BCUT2D eigenvalue weighted by Crippen LogP contribution is 2.40. The fourth-order valence-corrected chi connectivity index (χ4v) is 3.13. The summed E-state index contributed by atoms with van der Waals surface area (Å²) < 4.78 is 0. The van der Waals surface area contributed by atoms with E-state index in [-0.39, 0.29) is 0 Å². The van der Waals surface area contributed by atoms with E-state index in [1.165, 1.54) is 43.5 Å². The van der Waals surface area contributed by atoms with Crippen molar-refractivity contribution in [2.75, 3.05) is 26.2 Å². The van der Waals surface area contributed by atoms with E-state index in [4.69, 9.17) is 0 Å². The quantitative estimate of drug-likeness (QED) is 0.873. The standard InChI is InChI=1S/C17H26N2/c1-2-14-5-7-16(8-6-14)17(13-15-3-4-15)19-11-9-18-10-12-19/h5-8,15,17-18H,2-4,9-13H2,1H3/t17-/m1/s1. The van der Waals surface area contributed by atoms with Crippen LogP contribution >= 0.6 is 0 Å². The van der Waals surface area contributed by atoms with Gasteiger partial charge in [0.2, 0.25) is 0 Å². The Morgan fingerprint density at radius 1 is 1.16 bits per heavy atom. The maximum atomic E-state index is 3.47. The minimum atomic E-state index is 0.653. The SMILES string of the molecule is CCc1ccc([C@@H](CC2CC2)N2CCNCC2)cc1.